The SMILES string of the molecule is CCOc1ccc2c(=O)c(-c3cccc4ccccc34)c(C(F)(F)F)oc2c1. The van der Waals surface area contributed by atoms with Gasteiger partial charge in [-0.1, -0.05) is 42.5 Å². The number of fused-ring (bicyclic) bond motifs is 2. The standard InChI is InChI=1S/C22H15F3O3/c1-2-27-14-10-11-17-18(12-14)28-21(22(23,24)25)19(20(17)26)16-9-5-7-13-6-3-4-8-15(13)16/h3-12H,2H2,1H3. The zero-order valence-corrected chi connectivity index (χ0v) is 14.8. The number of hydrogen-bond donors (Lipinski definition) is 0. The van der Waals surface area contributed by atoms with Gasteiger partial charge in [0.25, 0.3) is 0 Å². The van der Waals surface area contributed by atoms with Crippen LogP contribution in [0, 0.1) is 0 Å². The second-order valence-electron chi connectivity index (χ2n) is 6.25. The Morgan fingerprint density at radius 2 is 1.71 bits per heavy atom. The van der Waals surface area contributed by atoms with Crippen LogP contribution in [-0.2, 0) is 6.18 Å². The van der Waals surface area contributed by atoms with Crippen molar-refractivity contribution >= 4 is 21.7 Å². The van der Waals surface area contributed by atoms with Gasteiger partial charge >= 0.3 is 6.18 Å². The van der Waals surface area contributed by atoms with Crippen LogP contribution in [0.15, 0.2) is 69.9 Å². The van der Waals surface area contributed by atoms with Crippen LogP contribution in [0.1, 0.15) is 12.7 Å². The van der Waals surface area contributed by atoms with Crippen molar-refractivity contribution in [1.29, 1.82) is 0 Å². The molecule has 142 valence electrons. The topological polar surface area (TPSA) is 39.4 Å². The van der Waals surface area contributed by atoms with E-state index in [9.17, 15) is 18.0 Å². The van der Waals surface area contributed by atoms with E-state index in [0.717, 1.165) is 5.39 Å². The third-order valence-electron chi connectivity index (χ3n) is 4.49. The fourth-order valence-corrected chi connectivity index (χ4v) is 3.32. The molecule has 1 aromatic heterocycles. The zero-order chi connectivity index (χ0) is 19.9. The summed E-state index contributed by atoms with van der Waals surface area (Å²) >= 11 is 0. The molecule has 3 aromatic carbocycles. The maximum Gasteiger partial charge on any atom is 0.450 e. The predicted octanol–water partition coefficient (Wildman–Crippen LogP) is 6.03. The first kappa shape index (κ1) is 18.1. The third kappa shape index (κ3) is 3.01. The van der Waals surface area contributed by atoms with E-state index in [1.807, 2.05) is 0 Å². The molecule has 0 atom stereocenters. The van der Waals surface area contributed by atoms with Crippen molar-refractivity contribution < 1.29 is 22.3 Å². The molecule has 0 bridgehead atoms. The normalized spacial score (nSPS) is 11.9. The zero-order valence-electron chi connectivity index (χ0n) is 14.8. The molecule has 0 aliphatic rings. The number of halogens is 3. The average Bonchev–Trinajstić information content (AvgIpc) is 2.67. The molecule has 0 spiro atoms. The highest BCUT2D eigenvalue weighted by Crippen LogP contribution is 2.39. The first-order valence-corrected chi connectivity index (χ1v) is 8.69. The number of hydrogen-bond acceptors (Lipinski definition) is 3. The van der Waals surface area contributed by atoms with E-state index in [0.29, 0.717) is 17.7 Å². The van der Waals surface area contributed by atoms with Gasteiger partial charge in [0, 0.05) is 6.07 Å². The average molecular weight is 384 g/mol. The van der Waals surface area contributed by atoms with Crippen LogP contribution < -0.4 is 10.2 Å². The molecular weight excluding hydrogens is 369 g/mol. The molecule has 3 nitrogen and oxygen atoms in total. The van der Waals surface area contributed by atoms with E-state index >= 15 is 0 Å². The lowest BCUT2D eigenvalue weighted by molar-refractivity contribution is -0.152. The molecule has 0 saturated carbocycles. The fourth-order valence-electron chi connectivity index (χ4n) is 3.32. The van der Waals surface area contributed by atoms with Crippen molar-refractivity contribution in [3.63, 3.8) is 0 Å². The Morgan fingerprint density at radius 3 is 2.46 bits per heavy atom. The summed E-state index contributed by atoms with van der Waals surface area (Å²) in [6.45, 7) is 2.10. The van der Waals surface area contributed by atoms with Crippen LogP contribution in [0.3, 0.4) is 0 Å². The van der Waals surface area contributed by atoms with Gasteiger partial charge in [-0.05, 0) is 35.4 Å². The summed E-state index contributed by atoms with van der Waals surface area (Å²) < 4.78 is 52.0. The van der Waals surface area contributed by atoms with Crippen molar-refractivity contribution in [2.24, 2.45) is 0 Å². The highest BCUT2D eigenvalue weighted by molar-refractivity contribution is 5.98. The molecule has 0 fully saturated rings. The van der Waals surface area contributed by atoms with Crippen LogP contribution >= 0.6 is 0 Å². The van der Waals surface area contributed by atoms with Gasteiger partial charge in [-0.15, -0.1) is 0 Å². The molecule has 0 N–H and O–H groups in total. The Bertz CT molecular complexity index is 1230. The van der Waals surface area contributed by atoms with Crippen LogP contribution in [0.2, 0.25) is 0 Å². The predicted molar refractivity (Wildman–Crippen MR) is 102 cm³/mol. The minimum absolute atomic E-state index is 0.0689. The summed E-state index contributed by atoms with van der Waals surface area (Å²) in [7, 11) is 0. The van der Waals surface area contributed by atoms with Gasteiger partial charge < -0.3 is 9.15 Å². The van der Waals surface area contributed by atoms with Crippen molar-refractivity contribution in [3.05, 3.63) is 76.6 Å². The summed E-state index contributed by atoms with van der Waals surface area (Å²) in [5.41, 5.74) is -1.18. The molecule has 1 heterocycles. The van der Waals surface area contributed by atoms with Crippen molar-refractivity contribution in [2.45, 2.75) is 13.1 Å². The van der Waals surface area contributed by atoms with Crippen molar-refractivity contribution in [2.75, 3.05) is 6.61 Å². The summed E-state index contributed by atoms with van der Waals surface area (Å²) in [5.74, 6) is -0.973. The third-order valence-corrected chi connectivity index (χ3v) is 4.49. The number of alkyl halides is 3. The van der Waals surface area contributed by atoms with E-state index in [2.05, 4.69) is 0 Å². The lowest BCUT2D eigenvalue weighted by Crippen LogP contribution is -2.16. The minimum Gasteiger partial charge on any atom is -0.494 e. The fraction of sp³-hybridized carbons (Fsp3) is 0.136. The van der Waals surface area contributed by atoms with Crippen LogP contribution in [0.25, 0.3) is 32.9 Å². The summed E-state index contributed by atoms with van der Waals surface area (Å²) in [6, 6.07) is 16.2. The molecule has 28 heavy (non-hydrogen) atoms. The van der Waals surface area contributed by atoms with Gasteiger partial charge in [0.05, 0.1) is 17.6 Å². The maximum absolute atomic E-state index is 13.8. The maximum atomic E-state index is 13.8. The first-order chi connectivity index (χ1) is 13.4. The Hall–Kier alpha value is -3.28. The van der Waals surface area contributed by atoms with Gasteiger partial charge in [-0.2, -0.15) is 13.2 Å². The van der Waals surface area contributed by atoms with Crippen LogP contribution in [0.4, 0.5) is 13.2 Å². The second kappa shape index (κ2) is 6.71. The Balaban J connectivity index is 2.11. The number of ether oxygens (including phenoxy) is 1. The Kier molecular flexibility index (Phi) is 4.34. The quantitative estimate of drug-likeness (QED) is 0.433. The summed E-state index contributed by atoms with van der Waals surface area (Å²) in [6.07, 6.45) is -4.83. The molecule has 4 aromatic rings. The molecule has 0 aliphatic heterocycles. The summed E-state index contributed by atoms with van der Waals surface area (Å²) in [5, 5.41) is 1.35. The number of benzene rings is 3. The molecule has 6 heteroatoms. The van der Waals surface area contributed by atoms with Crippen molar-refractivity contribution in [3.8, 4) is 16.9 Å². The molecule has 0 unspecified atom stereocenters. The van der Waals surface area contributed by atoms with Gasteiger partial charge in [-0.25, -0.2) is 0 Å². The second-order valence-corrected chi connectivity index (χ2v) is 6.25. The molecule has 0 saturated heterocycles. The van der Waals surface area contributed by atoms with Gasteiger partial charge in [-0.3, -0.25) is 4.79 Å². The van der Waals surface area contributed by atoms with E-state index in [4.69, 9.17) is 9.15 Å². The largest absolute Gasteiger partial charge is 0.494 e. The van der Waals surface area contributed by atoms with E-state index in [1.165, 1.54) is 18.2 Å². The van der Waals surface area contributed by atoms with Gasteiger partial charge in [0.1, 0.15) is 11.3 Å². The first-order valence-electron chi connectivity index (χ1n) is 8.69. The molecule has 4 rings (SSSR count). The van der Waals surface area contributed by atoms with E-state index in [-0.39, 0.29) is 16.5 Å². The smallest absolute Gasteiger partial charge is 0.450 e. The highest BCUT2D eigenvalue weighted by atomic mass is 19.4. The Morgan fingerprint density at radius 1 is 0.964 bits per heavy atom. The van der Waals surface area contributed by atoms with Gasteiger partial charge in [0.2, 0.25) is 11.2 Å². The lowest BCUT2D eigenvalue weighted by Gasteiger charge is -2.14. The lowest BCUT2D eigenvalue weighted by atomic mass is 9.96. The minimum atomic E-state index is -4.83. The van der Waals surface area contributed by atoms with Crippen LogP contribution in [0.5, 0.6) is 5.75 Å². The van der Waals surface area contributed by atoms with Crippen LogP contribution in [-0.4, -0.2) is 6.61 Å². The molecule has 0 radical (unpaired) electrons. The van der Waals surface area contributed by atoms with Crippen molar-refractivity contribution in [1.82, 2.24) is 0 Å². The molecular formula is C22H15F3O3. The van der Waals surface area contributed by atoms with Gasteiger partial charge in [0.15, 0.2) is 0 Å². The van der Waals surface area contributed by atoms with E-state index in [1.54, 1.807) is 49.4 Å². The summed E-state index contributed by atoms with van der Waals surface area (Å²) in [4.78, 5) is 13.1. The number of rotatable bonds is 3. The Labute approximate surface area is 158 Å². The van der Waals surface area contributed by atoms with E-state index < -0.39 is 22.9 Å². The molecule has 0 aliphatic carbocycles. The highest BCUT2D eigenvalue weighted by Gasteiger charge is 2.39. The monoisotopic (exact) mass is 384 g/mol. The molecule has 0 amide bonds.